The van der Waals surface area contributed by atoms with E-state index in [4.69, 9.17) is 9.97 Å². The van der Waals surface area contributed by atoms with Crippen molar-refractivity contribution >= 4 is 39.2 Å². The second-order valence-corrected chi connectivity index (χ2v) is 8.20. The monoisotopic (exact) mass is 438 g/mol. The van der Waals surface area contributed by atoms with Crippen LogP contribution in [-0.4, -0.2) is 45.9 Å². The normalized spacial score (nSPS) is 11.4. The highest BCUT2D eigenvalue weighted by Crippen LogP contribution is 2.33. The lowest BCUT2D eigenvalue weighted by atomic mass is 10.2. The zero-order valence-corrected chi connectivity index (χ0v) is 17.5. The van der Waals surface area contributed by atoms with Crippen molar-refractivity contribution in [3.05, 3.63) is 60.0 Å². The Balaban J connectivity index is 1.49. The van der Waals surface area contributed by atoms with E-state index in [1.54, 1.807) is 31.7 Å². The number of hydrogen-bond donors (Lipinski definition) is 2. The molecule has 0 fully saturated rings. The van der Waals surface area contributed by atoms with Crippen LogP contribution in [0.15, 0.2) is 55.1 Å². The Hall–Kier alpha value is -4.31. The maximum Gasteiger partial charge on any atom is 0.169 e. The molecule has 0 atom stereocenters. The van der Waals surface area contributed by atoms with Gasteiger partial charge in [0.25, 0.3) is 0 Å². The smallest absolute Gasteiger partial charge is 0.169 e. The second kappa shape index (κ2) is 7.13. The lowest BCUT2D eigenvalue weighted by Gasteiger charge is -1.99. The first-order chi connectivity index (χ1) is 15.7. The minimum Gasteiger partial charge on any atom is -0.336 e. The molecule has 0 saturated carbocycles. The van der Waals surface area contributed by atoms with E-state index in [0.717, 1.165) is 21.6 Å². The summed E-state index contributed by atoms with van der Waals surface area (Å²) < 4.78 is 0. The SMILES string of the molecule is CC(=O)c1ccc(-c2nccc3[nH]c(-c4n[nH]c5ccc(-c6cnccn6)nc45)nc23)s1. The Kier molecular flexibility index (Phi) is 4.12. The number of nitrogens with one attached hydrogen (secondary N) is 2. The quantitative estimate of drug-likeness (QED) is 0.393. The van der Waals surface area contributed by atoms with E-state index in [2.05, 4.69) is 30.1 Å². The zero-order valence-electron chi connectivity index (χ0n) is 16.7. The molecule has 0 spiro atoms. The molecule has 6 rings (SSSR count). The van der Waals surface area contributed by atoms with Crippen molar-refractivity contribution in [3.63, 3.8) is 0 Å². The third-order valence-corrected chi connectivity index (χ3v) is 6.24. The van der Waals surface area contributed by atoms with Crippen molar-refractivity contribution in [1.82, 2.24) is 40.1 Å². The number of nitrogens with zero attached hydrogens (tertiary/aromatic N) is 6. The number of fused-ring (bicyclic) bond motifs is 2. The van der Waals surface area contributed by atoms with Crippen molar-refractivity contribution in [2.24, 2.45) is 0 Å². The molecule has 0 saturated heterocycles. The Bertz CT molecular complexity index is 1620. The summed E-state index contributed by atoms with van der Waals surface area (Å²) in [6.07, 6.45) is 6.65. The standard InChI is InChI=1S/C22H14N8OS/c1-11(31)16-4-5-17(32-16)20-18-13(6-7-25-20)27-22(28-18)21-19-14(29-30-21)3-2-12(26-19)15-10-23-8-9-24-15/h2-10H,1H3,(H,27,28)(H,29,30). The summed E-state index contributed by atoms with van der Waals surface area (Å²) in [5.41, 5.74) is 5.69. The van der Waals surface area contributed by atoms with E-state index in [1.165, 1.54) is 11.3 Å². The van der Waals surface area contributed by atoms with Crippen molar-refractivity contribution in [2.75, 3.05) is 0 Å². The van der Waals surface area contributed by atoms with E-state index in [9.17, 15) is 4.79 Å². The number of rotatable bonds is 4. The van der Waals surface area contributed by atoms with Crippen molar-refractivity contribution in [1.29, 1.82) is 0 Å². The molecule has 10 heteroatoms. The van der Waals surface area contributed by atoms with E-state index in [-0.39, 0.29) is 5.78 Å². The summed E-state index contributed by atoms with van der Waals surface area (Å²) in [5, 5.41) is 7.46. The average molecular weight is 438 g/mol. The Morgan fingerprint density at radius 2 is 1.78 bits per heavy atom. The zero-order chi connectivity index (χ0) is 21.7. The highest BCUT2D eigenvalue weighted by Gasteiger charge is 2.18. The van der Waals surface area contributed by atoms with Gasteiger partial charge in [0.05, 0.1) is 32.7 Å². The van der Waals surface area contributed by atoms with Crippen LogP contribution in [0.1, 0.15) is 16.6 Å². The van der Waals surface area contributed by atoms with Gasteiger partial charge in [-0.3, -0.25) is 24.8 Å². The summed E-state index contributed by atoms with van der Waals surface area (Å²) in [7, 11) is 0. The number of H-pyrrole nitrogens is 2. The summed E-state index contributed by atoms with van der Waals surface area (Å²) in [5.74, 6) is 0.608. The van der Waals surface area contributed by atoms with Gasteiger partial charge in [-0.15, -0.1) is 11.3 Å². The largest absolute Gasteiger partial charge is 0.336 e. The third-order valence-electron chi connectivity index (χ3n) is 5.04. The molecule has 0 unspecified atom stereocenters. The van der Waals surface area contributed by atoms with E-state index < -0.39 is 0 Å². The van der Waals surface area contributed by atoms with Gasteiger partial charge in [-0.2, -0.15) is 5.10 Å². The van der Waals surface area contributed by atoms with Gasteiger partial charge in [0.1, 0.15) is 22.4 Å². The fraction of sp³-hybridized carbons (Fsp3) is 0.0455. The van der Waals surface area contributed by atoms with Gasteiger partial charge >= 0.3 is 0 Å². The first kappa shape index (κ1) is 18.5. The first-order valence-corrected chi connectivity index (χ1v) is 10.6. The number of imidazole rings is 1. The molecule has 0 aliphatic rings. The molecule has 0 aromatic carbocycles. The number of Topliss-reactive ketones (excluding diaryl/α,β-unsaturated/α-hetero) is 1. The number of carbonyl (C=O) groups excluding carboxylic acids is 1. The third kappa shape index (κ3) is 2.96. The highest BCUT2D eigenvalue weighted by molar-refractivity contribution is 7.17. The van der Waals surface area contributed by atoms with Crippen molar-refractivity contribution < 1.29 is 4.79 Å². The lowest BCUT2D eigenvalue weighted by Crippen LogP contribution is -1.89. The molecule has 2 N–H and O–H groups in total. The van der Waals surface area contributed by atoms with E-state index in [0.29, 0.717) is 38.8 Å². The minimum absolute atomic E-state index is 0.0316. The predicted octanol–water partition coefficient (Wildman–Crippen LogP) is 4.28. The van der Waals surface area contributed by atoms with Crippen molar-refractivity contribution in [3.8, 4) is 33.5 Å². The van der Waals surface area contributed by atoms with Crippen LogP contribution in [0.5, 0.6) is 0 Å². The molecule has 0 aliphatic carbocycles. The fourth-order valence-electron chi connectivity index (χ4n) is 3.52. The van der Waals surface area contributed by atoms with Gasteiger partial charge in [0.15, 0.2) is 17.3 Å². The van der Waals surface area contributed by atoms with Crippen LogP contribution in [0, 0.1) is 0 Å². The van der Waals surface area contributed by atoms with Gasteiger partial charge in [0.2, 0.25) is 0 Å². The van der Waals surface area contributed by atoms with Crippen LogP contribution in [0.3, 0.4) is 0 Å². The van der Waals surface area contributed by atoms with Crippen LogP contribution in [0.25, 0.3) is 55.5 Å². The molecular formula is C22H14N8OS. The summed E-state index contributed by atoms with van der Waals surface area (Å²) in [6.45, 7) is 1.56. The number of aromatic nitrogens is 8. The first-order valence-electron chi connectivity index (χ1n) is 9.75. The number of hydrogen-bond acceptors (Lipinski definition) is 8. The molecule has 0 aliphatic heterocycles. The molecule has 0 amide bonds. The molecule has 6 aromatic heterocycles. The highest BCUT2D eigenvalue weighted by atomic mass is 32.1. The molecule has 154 valence electrons. The Morgan fingerprint density at radius 3 is 2.59 bits per heavy atom. The lowest BCUT2D eigenvalue weighted by molar-refractivity contribution is 0.102. The van der Waals surface area contributed by atoms with Crippen LogP contribution in [-0.2, 0) is 0 Å². The summed E-state index contributed by atoms with van der Waals surface area (Å²) >= 11 is 1.40. The number of ketones is 1. The van der Waals surface area contributed by atoms with Crippen LogP contribution >= 0.6 is 11.3 Å². The van der Waals surface area contributed by atoms with Crippen LogP contribution in [0.2, 0.25) is 0 Å². The van der Waals surface area contributed by atoms with Gasteiger partial charge in [-0.05, 0) is 37.3 Å². The summed E-state index contributed by atoms with van der Waals surface area (Å²) in [6, 6.07) is 9.36. The van der Waals surface area contributed by atoms with Gasteiger partial charge in [-0.1, -0.05) is 0 Å². The molecule has 32 heavy (non-hydrogen) atoms. The average Bonchev–Trinajstić information content (AvgIpc) is 3.56. The maximum atomic E-state index is 11.7. The minimum atomic E-state index is 0.0316. The predicted molar refractivity (Wildman–Crippen MR) is 121 cm³/mol. The molecule has 6 heterocycles. The molecule has 9 nitrogen and oxygen atoms in total. The fourth-order valence-corrected chi connectivity index (χ4v) is 4.42. The van der Waals surface area contributed by atoms with Gasteiger partial charge in [0, 0.05) is 18.6 Å². The topological polar surface area (TPSA) is 126 Å². The number of thiophene rings is 1. The summed E-state index contributed by atoms with van der Waals surface area (Å²) in [4.78, 5) is 39.1. The van der Waals surface area contributed by atoms with Crippen LogP contribution < -0.4 is 0 Å². The van der Waals surface area contributed by atoms with Gasteiger partial charge < -0.3 is 4.98 Å². The molecule has 6 aromatic rings. The van der Waals surface area contributed by atoms with Crippen molar-refractivity contribution in [2.45, 2.75) is 6.92 Å². The number of carbonyl (C=O) groups is 1. The van der Waals surface area contributed by atoms with Gasteiger partial charge in [-0.25, -0.2) is 9.97 Å². The Labute approximate surface area is 184 Å². The number of aromatic amines is 2. The van der Waals surface area contributed by atoms with Crippen LogP contribution in [0.4, 0.5) is 0 Å². The molecule has 0 radical (unpaired) electrons. The molecular weight excluding hydrogens is 424 g/mol. The maximum absolute atomic E-state index is 11.7. The second-order valence-electron chi connectivity index (χ2n) is 7.12. The van der Waals surface area contributed by atoms with E-state index >= 15 is 0 Å². The molecule has 0 bridgehead atoms. The number of pyridine rings is 2. The van der Waals surface area contributed by atoms with E-state index in [1.807, 2.05) is 30.3 Å². The Morgan fingerprint density at radius 1 is 0.875 bits per heavy atom.